The van der Waals surface area contributed by atoms with Crippen molar-refractivity contribution in [1.82, 2.24) is 9.47 Å². The molecule has 174 valence electrons. The molecule has 33 heavy (non-hydrogen) atoms. The average Bonchev–Trinajstić information content (AvgIpc) is 3.13. The molecule has 1 aliphatic heterocycles. The molecule has 1 aromatic heterocycles. The number of nitrogens with two attached hydrogens (primary N) is 1. The number of ether oxygens (including phenoxy) is 1. The van der Waals surface area contributed by atoms with Crippen LogP contribution in [0.5, 0.6) is 5.75 Å². The van der Waals surface area contributed by atoms with Crippen LogP contribution in [0.1, 0.15) is 53.9 Å². The van der Waals surface area contributed by atoms with Gasteiger partial charge in [-0.1, -0.05) is 37.5 Å². The molecule has 2 heterocycles. The molecule has 0 spiro atoms. The number of likely N-dealkylation sites (N-methyl/N-ethyl adjacent to an activating group) is 1. The molecule has 0 amide bonds. The van der Waals surface area contributed by atoms with Gasteiger partial charge in [0.1, 0.15) is 12.4 Å². The summed E-state index contributed by atoms with van der Waals surface area (Å²) in [6.07, 6.45) is 6.12. The number of aromatic carboxylic acids is 1. The highest BCUT2D eigenvalue weighted by Crippen LogP contribution is 2.47. The van der Waals surface area contributed by atoms with Gasteiger partial charge in [-0.15, -0.1) is 0 Å². The first-order chi connectivity index (χ1) is 16.1. The largest absolute Gasteiger partial charge is 0.491 e. The summed E-state index contributed by atoms with van der Waals surface area (Å²) in [5.41, 5.74) is 10.9. The summed E-state index contributed by atoms with van der Waals surface area (Å²) in [7, 11) is 2.09. The average molecular weight is 448 g/mol. The van der Waals surface area contributed by atoms with Crippen molar-refractivity contribution in [2.75, 3.05) is 26.7 Å². The van der Waals surface area contributed by atoms with Gasteiger partial charge in [0, 0.05) is 36.1 Å². The zero-order valence-electron chi connectivity index (χ0n) is 19.3. The summed E-state index contributed by atoms with van der Waals surface area (Å²) in [4.78, 5) is 14.1. The standard InChI is InChI=1S/C27H33N3O3/c1-29(14-13-28)20-16-30-23-15-19(27(31)32)11-12-21(23)25(18-7-3-2-4-8-18)26(30)22-9-5-6-10-24(22)33-17-20/h5-6,9-12,15,18,20H,2-4,7-8,13-14,16-17,28H2,1H3,(H,31,32)/t20-/m1/s1. The number of benzene rings is 2. The number of fused-ring (bicyclic) bond motifs is 5. The van der Waals surface area contributed by atoms with Gasteiger partial charge in [0.25, 0.3) is 0 Å². The number of carboxylic acid groups (broad SMARTS) is 1. The van der Waals surface area contributed by atoms with Gasteiger partial charge in [-0.05, 0) is 55.6 Å². The van der Waals surface area contributed by atoms with Crippen molar-refractivity contribution in [2.45, 2.75) is 50.6 Å². The van der Waals surface area contributed by atoms with Gasteiger partial charge < -0.3 is 20.1 Å². The molecular weight excluding hydrogens is 414 g/mol. The third-order valence-electron chi connectivity index (χ3n) is 7.44. The maximum absolute atomic E-state index is 11.8. The molecule has 6 nitrogen and oxygen atoms in total. The minimum atomic E-state index is -0.891. The fourth-order valence-electron chi connectivity index (χ4n) is 5.68. The van der Waals surface area contributed by atoms with E-state index in [-0.39, 0.29) is 6.04 Å². The highest BCUT2D eigenvalue weighted by atomic mass is 16.5. The zero-order chi connectivity index (χ0) is 22.9. The third kappa shape index (κ3) is 4.02. The highest BCUT2D eigenvalue weighted by molar-refractivity contribution is 5.98. The van der Waals surface area contributed by atoms with E-state index in [1.807, 2.05) is 18.2 Å². The van der Waals surface area contributed by atoms with E-state index in [0.29, 0.717) is 24.6 Å². The van der Waals surface area contributed by atoms with E-state index in [1.165, 1.54) is 48.7 Å². The molecule has 1 atom stereocenters. The Hall–Kier alpha value is -2.83. The van der Waals surface area contributed by atoms with Crippen molar-refractivity contribution < 1.29 is 14.6 Å². The SMILES string of the molecule is CN(CCN)[C@H]1COc2ccccc2-c2c(C3CCCCC3)c3ccc(C(=O)O)cc3n2C1. The number of carbonyl (C=O) groups is 1. The Kier molecular flexibility index (Phi) is 6.13. The molecule has 6 heteroatoms. The number of nitrogens with zero attached hydrogens (tertiary/aromatic N) is 2. The Morgan fingerprint density at radius 2 is 1.97 bits per heavy atom. The summed E-state index contributed by atoms with van der Waals surface area (Å²) < 4.78 is 8.74. The molecule has 3 N–H and O–H groups in total. The predicted molar refractivity (Wildman–Crippen MR) is 131 cm³/mol. The number of para-hydroxylation sites is 1. The van der Waals surface area contributed by atoms with Crippen molar-refractivity contribution in [3.8, 4) is 17.0 Å². The van der Waals surface area contributed by atoms with Crippen molar-refractivity contribution in [2.24, 2.45) is 5.73 Å². The Bertz CT molecular complexity index is 1160. The molecule has 3 aromatic rings. The van der Waals surface area contributed by atoms with E-state index in [1.54, 1.807) is 6.07 Å². The quantitative estimate of drug-likeness (QED) is 0.592. The van der Waals surface area contributed by atoms with E-state index in [9.17, 15) is 9.90 Å². The van der Waals surface area contributed by atoms with Gasteiger partial charge in [-0.25, -0.2) is 4.79 Å². The predicted octanol–water partition coefficient (Wildman–Crippen LogP) is 4.71. The Morgan fingerprint density at radius 3 is 2.73 bits per heavy atom. The lowest BCUT2D eigenvalue weighted by Gasteiger charge is -2.32. The molecule has 2 aromatic carbocycles. The van der Waals surface area contributed by atoms with Crippen molar-refractivity contribution in [1.29, 1.82) is 0 Å². The third-order valence-corrected chi connectivity index (χ3v) is 7.44. The fourth-order valence-corrected chi connectivity index (χ4v) is 5.68. The number of hydrogen-bond donors (Lipinski definition) is 2. The summed E-state index contributed by atoms with van der Waals surface area (Å²) in [6.45, 7) is 2.65. The molecule has 5 rings (SSSR count). The summed E-state index contributed by atoms with van der Waals surface area (Å²) in [5, 5.41) is 10.9. The molecule has 0 unspecified atom stereocenters. The smallest absolute Gasteiger partial charge is 0.335 e. The van der Waals surface area contributed by atoms with E-state index >= 15 is 0 Å². The van der Waals surface area contributed by atoms with Crippen LogP contribution in [0.2, 0.25) is 0 Å². The molecular formula is C27H33N3O3. The van der Waals surface area contributed by atoms with Crippen LogP contribution >= 0.6 is 0 Å². The number of aromatic nitrogens is 1. The van der Waals surface area contributed by atoms with Crippen LogP contribution in [0, 0.1) is 0 Å². The number of hydrogen-bond acceptors (Lipinski definition) is 4. The number of carboxylic acids is 1. The van der Waals surface area contributed by atoms with E-state index in [4.69, 9.17) is 10.5 Å². The fraction of sp³-hybridized carbons (Fsp3) is 0.444. The van der Waals surface area contributed by atoms with Gasteiger partial charge in [0.15, 0.2) is 0 Å². The van der Waals surface area contributed by atoms with Crippen LogP contribution in [-0.2, 0) is 6.54 Å². The van der Waals surface area contributed by atoms with Gasteiger partial charge in [0.05, 0.1) is 17.3 Å². The normalized spacial score (nSPS) is 18.9. The maximum atomic E-state index is 11.8. The molecule has 2 aliphatic rings. The minimum Gasteiger partial charge on any atom is -0.491 e. The van der Waals surface area contributed by atoms with Crippen LogP contribution < -0.4 is 10.5 Å². The first-order valence-corrected chi connectivity index (χ1v) is 12.1. The van der Waals surface area contributed by atoms with Crippen LogP contribution in [0.15, 0.2) is 42.5 Å². The topological polar surface area (TPSA) is 80.7 Å². The second kappa shape index (κ2) is 9.20. The first-order valence-electron chi connectivity index (χ1n) is 12.1. The second-order valence-corrected chi connectivity index (χ2v) is 9.48. The lowest BCUT2D eigenvalue weighted by molar-refractivity contribution is 0.0697. The van der Waals surface area contributed by atoms with E-state index in [0.717, 1.165) is 29.9 Å². The van der Waals surface area contributed by atoms with Gasteiger partial charge in [-0.3, -0.25) is 4.90 Å². The van der Waals surface area contributed by atoms with Crippen LogP contribution in [0.25, 0.3) is 22.2 Å². The van der Waals surface area contributed by atoms with E-state index in [2.05, 4.69) is 34.7 Å². The van der Waals surface area contributed by atoms with Crippen LogP contribution in [-0.4, -0.2) is 53.3 Å². The Balaban J connectivity index is 1.79. The van der Waals surface area contributed by atoms with Crippen LogP contribution in [0.4, 0.5) is 0 Å². The Labute approximate surface area is 194 Å². The number of rotatable bonds is 5. The molecule has 0 bridgehead atoms. The summed E-state index contributed by atoms with van der Waals surface area (Å²) in [6, 6.07) is 14.1. The molecule has 0 saturated heterocycles. The molecule has 0 radical (unpaired) electrons. The van der Waals surface area contributed by atoms with E-state index < -0.39 is 5.97 Å². The van der Waals surface area contributed by atoms with Crippen molar-refractivity contribution in [3.63, 3.8) is 0 Å². The monoisotopic (exact) mass is 447 g/mol. The minimum absolute atomic E-state index is 0.129. The summed E-state index contributed by atoms with van der Waals surface area (Å²) >= 11 is 0. The molecule has 1 aliphatic carbocycles. The lowest BCUT2D eigenvalue weighted by Crippen LogP contribution is -2.43. The van der Waals surface area contributed by atoms with Gasteiger partial charge in [-0.2, -0.15) is 0 Å². The maximum Gasteiger partial charge on any atom is 0.335 e. The second-order valence-electron chi connectivity index (χ2n) is 9.48. The van der Waals surface area contributed by atoms with Gasteiger partial charge >= 0.3 is 5.97 Å². The van der Waals surface area contributed by atoms with Crippen molar-refractivity contribution >= 4 is 16.9 Å². The Morgan fingerprint density at radius 1 is 1.18 bits per heavy atom. The molecule has 1 saturated carbocycles. The summed E-state index contributed by atoms with van der Waals surface area (Å²) in [5.74, 6) is 0.474. The van der Waals surface area contributed by atoms with Crippen LogP contribution in [0.3, 0.4) is 0 Å². The first kappa shape index (κ1) is 22.0. The van der Waals surface area contributed by atoms with Gasteiger partial charge in [0.2, 0.25) is 0 Å². The highest BCUT2D eigenvalue weighted by Gasteiger charge is 2.31. The van der Waals surface area contributed by atoms with Crippen molar-refractivity contribution in [3.05, 3.63) is 53.6 Å². The zero-order valence-corrected chi connectivity index (χ0v) is 19.3. The lowest BCUT2D eigenvalue weighted by atomic mass is 9.81. The molecule has 1 fully saturated rings.